The van der Waals surface area contributed by atoms with Crippen LogP contribution in [0.3, 0.4) is 0 Å². The van der Waals surface area contributed by atoms with Crippen LogP contribution in [0.5, 0.6) is 0 Å². The lowest BCUT2D eigenvalue weighted by Crippen LogP contribution is -2.06. The number of rotatable bonds is 5. The van der Waals surface area contributed by atoms with Crippen molar-refractivity contribution < 1.29 is 30.7 Å². The maximum atomic E-state index is 14.8. The fourth-order valence-electron chi connectivity index (χ4n) is 6.34. The molecule has 2 aromatic heterocycles. The van der Waals surface area contributed by atoms with Crippen molar-refractivity contribution in [3.8, 4) is 51.0 Å². The van der Waals surface area contributed by atoms with Crippen LogP contribution in [0.1, 0.15) is 11.1 Å². The van der Waals surface area contributed by atoms with Crippen molar-refractivity contribution >= 4 is 21.8 Å². The van der Waals surface area contributed by atoms with E-state index in [9.17, 15) is 30.7 Å². The van der Waals surface area contributed by atoms with Crippen molar-refractivity contribution in [1.82, 2.24) is 19.5 Å². The molecule has 0 amide bonds. The average Bonchev–Trinajstić information content (AvgIpc) is 3.47. The maximum Gasteiger partial charge on any atom is 0.416 e. The molecule has 8 aromatic rings. The number of hydrogen-bond acceptors (Lipinski definition) is 3. The number of benzene rings is 6. The van der Waals surface area contributed by atoms with E-state index in [4.69, 9.17) is 15.0 Å². The maximum absolute atomic E-state index is 14.8. The lowest BCUT2D eigenvalue weighted by Gasteiger charge is -2.16. The summed E-state index contributed by atoms with van der Waals surface area (Å²) in [6.45, 7) is 0. The molecule has 0 aliphatic heterocycles. The van der Waals surface area contributed by atoms with E-state index in [1.54, 1.807) is 24.3 Å². The average molecular weight is 705 g/mol. The second-order valence-electron chi connectivity index (χ2n) is 12.1. The summed E-state index contributed by atoms with van der Waals surface area (Å²) in [7, 11) is 0. The summed E-state index contributed by atoms with van der Waals surface area (Å²) < 4.78 is 100. The lowest BCUT2D eigenvalue weighted by atomic mass is 9.97. The molecule has 0 radical (unpaired) electrons. The molecule has 0 N–H and O–H groups in total. The summed E-state index contributed by atoms with van der Waals surface area (Å²) in [6.07, 6.45) is -9.43. The van der Waals surface area contributed by atoms with E-state index in [0.717, 1.165) is 24.3 Å². The topological polar surface area (TPSA) is 43.6 Å². The van der Waals surface area contributed by atoms with Crippen LogP contribution in [0.15, 0.2) is 140 Å². The Hall–Kier alpha value is -6.36. The Morgan fingerprint density at radius 3 is 1.42 bits per heavy atom. The van der Waals surface area contributed by atoms with E-state index in [1.807, 2.05) is 60.7 Å². The van der Waals surface area contributed by atoms with E-state index in [0.29, 0.717) is 50.2 Å². The predicted octanol–water partition coefficient (Wildman–Crippen LogP) is 11.8. The van der Waals surface area contributed by atoms with Gasteiger partial charge in [0.05, 0.1) is 22.2 Å². The van der Waals surface area contributed by atoms with Gasteiger partial charge in [-0.1, -0.05) is 84.9 Å². The Morgan fingerprint density at radius 2 is 0.923 bits per heavy atom. The van der Waals surface area contributed by atoms with Crippen LogP contribution in [-0.4, -0.2) is 19.5 Å². The lowest BCUT2D eigenvalue weighted by molar-refractivity contribution is -0.138. The summed E-state index contributed by atoms with van der Waals surface area (Å²) in [5.74, 6) is 0.390. The third-order valence-corrected chi connectivity index (χ3v) is 8.76. The Labute approximate surface area is 291 Å². The number of fused-ring (bicyclic) bond motifs is 3. The van der Waals surface area contributed by atoms with Crippen LogP contribution in [0.25, 0.3) is 72.8 Å². The van der Waals surface area contributed by atoms with E-state index in [1.165, 1.54) is 34.9 Å². The Balaban J connectivity index is 1.43. The molecule has 0 atom stereocenters. The zero-order valence-corrected chi connectivity index (χ0v) is 26.7. The van der Waals surface area contributed by atoms with Crippen LogP contribution < -0.4 is 0 Å². The van der Waals surface area contributed by atoms with Gasteiger partial charge in [-0.15, -0.1) is 0 Å². The zero-order valence-electron chi connectivity index (χ0n) is 26.7. The van der Waals surface area contributed by atoms with E-state index < -0.39 is 29.3 Å². The molecular weight excluding hydrogens is 681 g/mol. The molecule has 0 aliphatic rings. The third kappa shape index (κ3) is 6.04. The molecule has 4 nitrogen and oxygen atoms in total. The number of halogens is 7. The zero-order chi connectivity index (χ0) is 36.2. The summed E-state index contributed by atoms with van der Waals surface area (Å²) in [4.78, 5) is 14.3. The van der Waals surface area contributed by atoms with E-state index >= 15 is 0 Å². The largest absolute Gasteiger partial charge is 0.416 e. The standard InChI is InChI=1S/C41H23F7N4/c42-29-13-7-12-26(20-29)34-23-30(52-35-21-27(40(43,44)45)14-17-31(35)32-18-15-28(22-36(32)52)41(46,47)48)16-19-33(34)39-50-37(24-8-3-1-4-9-24)49-38(51-39)25-10-5-2-6-11-25/h1-23H. The summed E-state index contributed by atoms with van der Waals surface area (Å²) in [6, 6.07) is 35.1. The first-order valence-electron chi connectivity index (χ1n) is 15.9. The first-order valence-corrected chi connectivity index (χ1v) is 15.9. The van der Waals surface area contributed by atoms with Crippen molar-refractivity contribution in [2.75, 3.05) is 0 Å². The van der Waals surface area contributed by atoms with Crippen LogP contribution in [0, 0.1) is 5.82 Å². The second kappa shape index (κ2) is 12.4. The fourth-order valence-corrected chi connectivity index (χ4v) is 6.34. The molecule has 8 rings (SSSR count). The summed E-state index contributed by atoms with van der Waals surface area (Å²) in [5.41, 5.74) is 1.00. The molecule has 52 heavy (non-hydrogen) atoms. The summed E-state index contributed by atoms with van der Waals surface area (Å²) in [5, 5.41) is 0.649. The minimum absolute atomic E-state index is 0.0416. The van der Waals surface area contributed by atoms with Crippen LogP contribution >= 0.6 is 0 Å². The van der Waals surface area contributed by atoms with Gasteiger partial charge in [-0.05, 0) is 65.7 Å². The quantitative estimate of drug-likeness (QED) is 0.168. The molecular formula is C41H23F7N4. The van der Waals surface area contributed by atoms with Crippen molar-refractivity contribution in [1.29, 1.82) is 0 Å². The van der Waals surface area contributed by atoms with Crippen molar-refractivity contribution in [3.63, 3.8) is 0 Å². The van der Waals surface area contributed by atoms with E-state index in [2.05, 4.69) is 0 Å². The highest BCUT2D eigenvalue weighted by atomic mass is 19.4. The highest BCUT2D eigenvalue weighted by Crippen LogP contribution is 2.41. The Kier molecular flexibility index (Phi) is 7.86. The first kappa shape index (κ1) is 32.8. The van der Waals surface area contributed by atoms with Gasteiger partial charge in [-0.3, -0.25) is 0 Å². The SMILES string of the molecule is Fc1cccc(-c2cc(-n3c4cc(C(F)(F)F)ccc4c4ccc(C(F)(F)F)cc43)ccc2-c2nc(-c3ccccc3)nc(-c3ccccc3)n2)c1. The molecule has 0 bridgehead atoms. The van der Waals surface area contributed by atoms with Crippen molar-refractivity contribution in [3.05, 3.63) is 156 Å². The minimum Gasteiger partial charge on any atom is -0.309 e. The summed E-state index contributed by atoms with van der Waals surface area (Å²) >= 11 is 0. The van der Waals surface area contributed by atoms with Crippen molar-refractivity contribution in [2.45, 2.75) is 12.4 Å². The third-order valence-electron chi connectivity index (χ3n) is 8.76. The Morgan fingerprint density at radius 1 is 0.423 bits per heavy atom. The monoisotopic (exact) mass is 704 g/mol. The van der Waals surface area contributed by atoms with Gasteiger partial charge < -0.3 is 4.57 Å². The highest BCUT2D eigenvalue weighted by Gasteiger charge is 2.33. The molecule has 256 valence electrons. The predicted molar refractivity (Wildman–Crippen MR) is 186 cm³/mol. The van der Waals surface area contributed by atoms with Gasteiger partial charge in [0.15, 0.2) is 17.5 Å². The number of alkyl halides is 6. The number of hydrogen-bond donors (Lipinski definition) is 0. The Bertz CT molecular complexity index is 2480. The van der Waals surface area contributed by atoms with Gasteiger partial charge in [0.2, 0.25) is 0 Å². The normalized spacial score (nSPS) is 12.1. The van der Waals surface area contributed by atoms with Crippen LogP contribution in [0.4, 0.5) is 30.7 Å². The van der Waals surface area contributed by atoms with Gasteiger partial charge >= 0.3 is 12.4 Å². The second-order valence-corrected chi connectivity index (χ2v) is 12.1. The van der Waals surface area contributed by atoms with E-state index in [-0.39, 0.29) is 22.5 Å². The van der Waals surface area contributed by atoms with Gasteiger partial charge in [0, 0.05) is 33.2 Å². The first-order chi connectivity index (χ1) is 24.9. The molecule has 0 saturated heterocycles. The minimum atomic E-state index is -4.71. The smallest absolute Gasteiger partial charge is 0.309 e. The van der Waals surface area contributed by atoms with Crippen LogP contribution in [0.2, 0.25) is 0 Å². The van der Waals surface area contributed by atoms with Crippen LogP contribution in [-0.2, 0) is 12.4 Å². The van der Waals surface area contributed by atoms with Gasteiger partial charge in [-0.2, -0.15) is 26.3 Å². The molecule has 6 aromatic carbocycles. The van der Waals surface area contributed by atoms with Gasteiger partial charge in [0.1, 0.15) is 5.82 Å². The molecule has 0 fully saturated rings. The molecule has 2 heterocycles. The molecule has 11 heteroatoms. The number of aromatic nitrogens is 4. The van der Waals surface area contributed by atoms with Gasteiger partial charge in [-0.25, -0.2) is 19.3 Å². The van der Waals surface area contributed by atoms with Gasteiger partial charge in [0.25, 0.3) is 0 Å². The molecule has 0 aliphatic carbocycles. The molecule has 0 unspecified atom stereocenters. The highest BCUT2D eigenvalue weighted by molar-refractivity contribution is 6.10. The molecule has 0 spiro atoms. The fraction of sp³-hybridized carbons (Fsp3) is 0.0488. The molecule has 0 saturated carbocycles. The van der Waals surface area contributed by atoms with Crippen molar-refractivity contribution in [2.24, 2.45) is 0 Å². The number of nitrogens with zero attached hydrogens (tertiary/aromatic N) is 4.